The van der Waals surface area contributed by atoms with Gasteiger partial charge in [0.25, 0.3) is 5.91 Å². The number of fused-ring (bicyclic) bond motifs is 1. The molecule has 2 aromatic carbocycles. The van der Waals surface area contributed by atoms with Crippen LogP contribution in [0.25, 0.3) is 10.2 Å². The normalized spacial score (nSPS) is 10.9. The molecule has 0 spiro atoms. The van der Waals surface area contributed by atoms with Gasteiger partial charge in [-0.15, -0.1) is 0 Å². The van der Waals surface area contributed by atoms with Crippen LogP contribution in [-0.4, -0.2) is 18.0 Å². The molecule has 4 nitrogen and oxygen atoms in total. The molecule has 0 bridgehead atoms. The van der Waals surface area contributed by atoms with E-state index < -0.39 is 5.91 Å². The van der Waals surface area contributed by atoms with Gasteiger partial charge >= 0.3 is 0 Å². The summed E-state index contributed by atoms with van der Waals surface area (Å²) < 4.78 is 5.98. The highest BCUT2D eigenvalue weighted by atomic mass is 35.5. The van der Waals surface area contributed by atoms with Crippen molar-refractivity contribution in [2.24, 2.45) is 0 Å². The topological polar surface area (TPSA) is 51.2 Å². The number of nitrogens with zero attached hydrogens (tertiary/aromatic N) is 1. The molecule has 3 rings (SSSR count). The number of rotatable bonds is 3. The van der Waals surface area contributed by atoms with Crippen LogP contribution in [0.4, 0.5) is 5.13 Å². The van der Waals surface area contributed by atoms with Gasteiger partial charge in [0.1, 0.15) is 11.3 Å². The Morgan fingerprint density at radius 1 is 1.17 bits per heavy atom. The summed E-state index contributed by atoms with van der Waals surface area (Å²) in [6.45, 7) is 0. The second-order valence-corrected chi connectivity index (χ2v) is 7.31. The standard InChI is InChI=1S/C15H8Cl4N2O2S/c1-23-13-7(4-6(16)5-9(13)18)14(22)21-15-20-12-10(24-15)3-2-8(17)11(12)19/h2-5H,1H3,(H,20,21,22). The highest BCUT2D eigenvalue weighted by molar-refractivity contribution is 7.22. The molecule has 0 saturated carbocycles. The Labute approximate surface area is 161 Å². The van der Waals surface area contributed by atoms with Gasteiger partial charge in [-0.2, -0.15) is 0 Å². The molecular weight excluding hydrogens is 414 g/mol. The van der Waals surface area contributed by atoms with Gasteiger partial charge in [0.15, 0.2) is 5.13 Å². The molecule has 0 aliphatic rings. The SMILES string of the molecule is COc1c(Cl)cc(Cl)cc1C(=O)Nc1nc2c(Cl)c(Cl)ccc2s1. The molecule has 24 heavy (non-hydrogen) atoms. The molecule has 1 amide bonds. The first kappa shape index (κ1) is 17.6. The van der Waals surface area contributed by atoms with E-state index in [0.717, 1.165) is 4.70 Å². The van der Waals surface area contributed by atoms with E-state index in [4.69, 9.17) is 51.1 Å². The van der Waals surface area contributed by atoms with Crippen LogP contribution in [0.3, 0.4) is 0 Å². The molecule has 3 aromatic rings. The first-order valence-electron chi connectivity index (χ1n) is 6.49. The lowest BCUT2D eigenvalue weighted by molar-refractivity contribution is 0.102. The lowest BCUT2D eigenvalue weighted by Gasteiger charge is -2.10. The molecule has 0 radical (unpaired) electrons. The molecule has 0 unspecified atom stereocenters. The summed E-state index contributed by atoms with van der Waals surface area (Å²) in [6.07, 6.45) is 0. The van der Waals surface area contributed by atoms with Crippen LogP contribution in [0.5, 0.6) is 5.75 Å². The zero-order valence-corrected chi connectivity index (χ0v) is 15.8. The Balaban J connectivity index is 1.97. The highest BCUT2D eigenvalue weighted by Crippen LogP contribution is 2.36. The molecule has 0 aliphatic carbocycles. The van der Waals surface area contributed by atoms with E-state index >= 15 is 0 Å². The van der Waals surface area contributed by atoms with E-state index in [0.29, 0.717) is 25.7 Å². The summed E-state index contributed by atoms with van der Waals surface area (Å²) in [5, 5.41) is 4.37. The van der Waals surface area contributed by atoms with Crippen LogP contribution in [0, 0.1) is 0 Å². The molecule has 0 atom stereocenters. The summed E-state index contributed by atoms with van der Waals surface area (Å²) >= 11 is 25.4. The van der Waals surface area contributed by atoms with Gasteiger partial charge < -0.3 is 4.74 Å². The van der Waals surface area contributed by atoms with Gasteiger partial charge in [-0.25, -0.2) is 4.98 Å². The van der Waals surface area contributed by atoms with Crippen molar-refractivity contribution in [2.75, 3.05) is 12.4 Å². The Bertz CT molecular complexity index is 958. The van der Waals surface area contributed by atoms with Crippen molar-refractivity contribution in [1.82, 2.24) is 4.98 Å². The lowest BCUT2D eigenvalue weighted by atomic mass is 10.2. The summed E-state index contributed by atoms with van der Waals surface area (Å²) in [5.74, 6) is -0.210. The van der Waals surface area contributed by atoms with Crippen molar-refractivity contribution >= 4 is 79.0 Å². The maximum Gasteiger partial charge on any atom is 0.261 e. The van der Waals surface area contributed by atoms with E-state index in [-0.39, 0.29) is 16.3 Å². The smallest absolute Gasteiger partial charge is 0.261 e. The average molecular weight is 422 g/mol. The maximum absolute atomic E-state index is 12.5. The number of hydrogen-bond acceptors (Lipinski definition) is 4. The Kier molecular flexibility index (Phi) is 5.08. The van der Waals surface area contributed by atoms with Crippen LogP contribution in [0.2, 0.25) is 20.1 Å². The van der Waals surface area contributed by atoms with E-state index in [1.165, 1.54) is 30.6 Å². The fourth-order valence-electron chi connectivity index (χ4n) is 2.09. The van der Waals surface area contributed by atoms with Gasteiger partial charge in [-0.1, -0.05) is 57.7 Å². The third kappa shape index (κ3) is 3.27. The number of carbonyl (C=O) groups excluding carboxylic acids is 1. The minimum atomic E-state index is -0.447. The molecule has 1 heterocycles. The highest BCUT2D eigenvalue weighted by Gasteiger charge is 2.19. The predicted molar refractivity (Wildman–Crippen MR) is 101 cm³/mol. The van der Waals surface area contributed by atoms with Crippen molar-refractivity contribution < 1.29 is 9.53 Å². The monoisotopic (exact) mass is 420 g/mol. The number of thiazole rings is 1. The van der Waals surface area contributed by atoms with E-state index in [9.17, 15) is 4.79 Å². The molecule has 124 valence electrons. The van der Waals surface area contributed by atoms with Gasteiger partial charge in [0.05, 0.1) is 32.4 Å². The van der Waals surface area contributed by atoms with Crippen molar-refractivity contribution in [2.45, 2.75) is 0 Å². The molecule has 9 heteroatoms. The fraction of sp³-hybridized carbons (Fsp3) is 0.0667. The third-order valence-corrected chi connectivity index (χ3v) is 5.36. The Hall–Kier alpha value is -1.24. The number of halogens is 4. The molecule has 1 N–H and O–H groups in total. The van der Waals surface area contributed by atoms with Gasteiger partial charge in [0.2, 0.25) is 0 Å². The summed E-state index contributed by atoms with van der Waals surface area (Å²) in [4.78, 5) is 16.8. The first-order chi connectivity index (χ1) is 11.4. The van der Waals surface area contributed by atoms with Crippen molar-refractivity contribution in [3.8, 4) is 5.75 Å². The van der Waals surface area contributed by atoms with Gasteiger partial charge in [-0.05, 0) is 24.3 Å². The molecular formula is C15H8Cl4N2O2S. The summed E-state index contributed by atoms with van der Waals surface area (Å²) in [5.41, 5.74) is 0.735. The number of ether oxygens (including phenoxy) is 1. The van der Waals surface area contributed by atoms with Crippen LogP contribution < -0.4 is 10.1 Å². The van der Waals surface area contributed by atoms with Crippen LogP contribution in [0.15, 0.2) is 24.3 Å². The lowest BCUT2D eigenvalue weighted by Crippen LogP contribution is -2.13. The number of methoxy groups -OCH3 is 1. The van der Waals surface area contributed by atoms with E-state index in [1.54, 1.807) is 12.1 Å². The quantitative estimate of drug-likeness (QED) is 0.549. The summed E-state index contributed by atoms with van der Waals surface area (Å²) in [6, 6.07) is 6.43. The van der Waals surface area contributed by atoms with Crippen LogP contribution in [0.1, 0.15) is 10.4 Å². The molecule has 0 fully saturated rings. The van der Waals surface area contributed by atoms with Crippen molar-refractivity contribution in [3.63, 3.8) is 0 Å². The predicted octanol–water partition coefficient (Wildman–Crippen LogP) is 6.17. The second-order valence-electron chi connectivity index (χ2n) is 4.65. The number of nitrogens with one attached hydrogen (secondary N) is 1. The van der Waals surface area contributed by atoms with Gasteiger partial charge in [-0.3, -0.25) is 10.1 Å². The van der Waals surface area contributed by atoms with E-state index in [2.05, 4.69) is 10.3 Å². The number of hydrogen-bond donors (Lipinski definition) is 1. The number of amides is 1. The number of benzene rings is 2. The Morgan fingerprint density at radius 2 is 1.92 bits per heavy atom. The fourth-order valence-corrected chi connectivity index (χ4v) is 3.95. The van der Waals surface area contributed by atoms with E-state index in [1.807, 2.05) is 0 Å². The van der Waals surface area contributed by atoms with Gasteiger partial charge in [0, 0.05) is 5.02 Å². The van der Waals surface area contributed by atoms with Crippen LogP contribution in [-0.2, 0) is 0 Å². The minimum absolute atomic E-state index is 0.207. The molecule has 0 aliphatic heterocycles. The second kappa shape index (κ2) is 6.94. The van der Waals surface area contributed by atoms with Crippen LogP contribution >= 0.6 is 57.7 Å². The number of aromatic nitrogens is 1. The number of carbonyl (C=O) groups is 1. The number of anilines is 1. The van der Waals surface area contributed by atoms with Crippen molar-refractivity contribution in [1.29, 1.82) is 0 Å². The molecule has 1 aromatic heterocycles. The first-order valence-corrected chi connectivity index (χ1v) is 8.82. The Morgan fingerprint density at radius 3 is 2.62 bits per heavy atom. The third-order valence-electron chi connectivity index (χ3n) is 3.13. The van der Waals surface area contributed by atoms with Crippen molar-refractivity contribution in [3.05, 3.63) is 49.9 Å². The maximum atomic E-state index is 12.5. The average Bonchev–Trinajstić information content (AvgIpc) is 2.93. The molecule has 0 saturated heterocycles. The zero-order chi connectivity index (χ0) is 17.4. The largest absolute Gasteiger partial charge is 0.494 e. The zero-order valence-electron chi connectivity index (χ0n) is 12.0. The minimum Gasteiger partial charge on any atom is -0.494 e. The summed E-state index contributed by atoms with van der Waals surface area (Å²) in [7, 11) is 1.42.